The van der Waals surface area contributed by atoms with Gasteiger partial charge in [0.2, 0.25) is 5.95 Å². The summed E-state index contributed by atoms with van der Waals surface area (Å²) in [6.07, 6.45) is -2.94. The van der Waals surface area contributed by atoms with Crippen LogP contribution >= 0.6 is 6.64 Å². The van der Waals surface area contributed by atoms with Crippen molar-refractivity contribution in [1.82, 2.24) is 24.6 Å². The van der Waals surface area contributed by atoms with Crippen LogP contribution in [0.4, 0.5) is 20.5 Å². The second-order valence-corrected chi connectivity index (χ2v) is 15.8. The van der Waals surface area contributed by atoms with Crippen molar-refractivity contribution in [3.8, 4) is 5.75 Å². The van der Waals surface area contributed by atoms with Crippen molar-refractivity contribution in [3.63, 3.8) is 0 Å². The lowest BCUT2D eigenvalue weighted by Crippen LogP contribution is -2.47. The molecule has 13 nitrogen and oxygen atoms in total. The second-order valence-electron chi connectivity index (χ2n) is 12.7. The highest BCUT2D eigenvalue weighted by molar-refractivity contribution is 8.09. The first-order valence-corrected chi connectivity index (χ1v) is 17.4. The molecule has 0 saturated carbocycles. The fourth-order valence-electron chi connectivity index (χ4n) is 5.01. The summed E-state index contributed by atoms with van der Waals surface area (Å²) < 4.78 is 57.0. The second kappa shape index (κ2) is 12.8. The topological polar surface area (TPSA) is 168 Å². The van der Waals surface area contributed by atoms with Crippen molar-refractivity contribution >= 4 is 58.1 Å². The van der Waals surface area contributed by atoms with E-state index in [-0.39, 0.29) is 35.0 Å². The van der Waals surface area contributed by atoms with E-state index in [1.165, 1.54) is 13.3 Å². The summed E-state index contributed by atoms with van der Waals surface area (Å²) in [4.78, 5) is 25.3. The number of carbonyl (C=O) groups excluding carboxylic acids is 1. The number of fused-ring (bicyclic) bond motifs is 2. The van der Waals surface area contributed by atoms with Crippen LogP contribution in [0.2, 0.25) is 0 Å². The summed E-state index contributed by atoms with van der Waals surface area (Å²) in [5.74, 6) is -3.38. The van der Waals surface area contributed by atoms with Gasteiger partial charge < -0.3 is 34.7 Å². The van der Waals surface area contributed by atoms with E-state index >= 15 is 8.78 Å². The van der Waals surface area contributed by atoms with Crippen LogP contribution in [0.15, 0.2) is 48.8 Å². The molecule has 6 atom stereocenters. The number of nitrogen functional groups attached to an aromatic ring is 1. The Balaban J connectivity index is 1.44. The maximum Gasteiger partial charge on any atom is 0.323 e. The SMILES string of the molecule is CNc1nc(N)nc2c1ncn2[C@@H]1O[C@](F)(COP(=S)(N[C@H](C)C(=O)OCC(C)(C)C)Oc2cccc3ccccc23)[C@@H](O)[C@@]1(C)F. The van der Waals surface area contributed by atoms with Crippen LogP contribution in [0.5, 0.6) is 5.75 Å². The van der Waals surface area contributed by atoms with Crippen molar-refractivity contribution in [2.75, 3.05) is 31.3 Å². The first kappa shape index (κ1) is 34.8. The summed E-state index contributed by atoms with van der Waals surface area (Å²) >= 11 is 5.79. The zero-order chi connectivity index (χ0) is 34.4. The molecule has 254 valence electrons. The predicted octanol–water partition coefficient (Wildman–Crippen LogP) is 4.77. The smallest absolute Gasteiger partial charge is 0.323 e. The standard InChI is InChI=1S/C30H38F2N7O6PS/c1-17(24(40)42-14-28(2,3)4)38-46(47,45-20-13-9-11-18-10-7-8-12-19(18)20)43-15-30(32)25(41)29(5,31)26(44-30)39-16-35-21-22(34-6)36-27(33)37-23(21)39/h7-13,16-17,25-26,41H,14-15H2,1-6H3,(H,38,47)(H3,33,34,36,37)/t17-,25+,26-,29-,30-,46?/m1/s1. The first-order valence-electron chi connectivity index (χ1n) is 14.7. The van der Waals surface area contributed by atoms with Gasteiger partial charge >= 0.3 is 12.6 Å². The Labute approximate surface area is 275 Å². The van der Waals surface area contributed by atoms with Gasteiger partial charge in [-0.25, -0.2) is 18.9 Å². The zero-order valence-electron chi connectivity index (χ0n) is 26.7. The number of aromatic nitrogens is 4. The number of hydrogen-bond acceptors (Lipinski definition) is 12. The first-order chi connectivity index (χ1) is 22.0. The van der Waals surface area contributed by atoms with E-state index in [4.69, 9.17) is 36.1 Å². The molecule has 1 saturated heterocycles. The molecule has 4 aromatic rings. The van der Waals surface area contributed by atoms with Gasteiger partial charge in [-0.3, -0.25) is 9.36 Å². The normalized spacial score (nSPS) is 25.0. The van der Waals surface area contributed by atoms with Crippen LogP contribution in [0.1, 0.15) is 40.8 Å². The molecule has 1 fully saturated rings. The van der Waals surface area contributed by atoms with Crippen molar-refractivity contribution in [2.45, 2.75) is 64.5 Å². The molecule has 17 heteroatoms. The molecule has 5 N–H and O–H groups in total. The number of aliphatic hydroxyl groups is 1. The van der Waals surface area contributed by atoms with Crippen LogP contribution in [0.3, 0.4) is 0 Å². The lowest BCUT2D eigenvalue weighted by Gasteiger charge is -2.30. The molecular formula is C30H38F2N7O6PS. The lowest BCUT2D eigenvalue weighted by atomic mass is 9.97. The van der Waals surface area contributed by atoms with E-state index in [0.29, 0.717) is 11.1 Å². The van der Waals surface area contributed by atoms with Crippen LogP contribution in [-0.2, 0) is 30.6 Å². The Morgan fingerprint density at radius 3 is 2.64 bits per heavy atom. The van der Waals surface area contributed by atoms with Gasteiger partial charge in [0, 0.05) is 12.4 Å². The maximum absolute atomic E-state index is 16.6. The van der Waals surface area contributed by atoms with Gasteiger partial charge in [-0.1, -0.05) is 57.2 Å². The summed E-state index contributed by atoms with van der Waals surface area (Å²) in [7, 11) is 1.59. The molecule has 3 heterocycles. The number of aliphatic hydroxyl groups excluding tert-OH is 1. The van der Waals surface area contributed by atoms with Crippen LogP contribution < -0.4 is 20.7 Å². The average Bonchev–Trinajstić information content (AvgIpc) is 3.50. The van der Waals surface area contributed by atoms with E-state index in [9.17, 15) is 9.90 Å². The van der Waals surface area contributed by atoms with Crippen molar-refractivity contribution in [3.05, 3.63) is 48.8 Å². The summed E-state index contributed by atoms with van der Waals surface area (Å²) in [5, 5.41) is 18.2. The molecule has 1 aliphatic heterocycles. The van der Waals surface area contributed by atoms with Gasteiger partial charge in [0.25, 0.3) is 5.85 Å². The number of carbonyl (C=O) groups is 1. The number of rotatable bonds is 11. The number of halogens is 2. The monoisotopic (exact) mass is 693 g/mol. The van der Waals surface area contributed by atoms with Crippen LogP contribution in [-0.4, -0.2) is 74.5 Å². The Kier molecular flexibility index (Phi) is 9.49. The quantitative estimate of drug-likeness (QED) is 0.125. The number of nitrogens with one attached hydrogen (secondary N) is 2. The highest BCUT2D eigenvalue weighted by Gasteiger charge is 2.65. The molecule has 2 aromatic heterocycles. The third-order valence-corrected chi connectivity index (χ3v) is 9.88. The molecule has 47 heavy (non-hydrogen) atoms. The fourth-order valence-corrected chi connectivity index (χ4v) is 7.41. The molecule has 1 unspecified atom stereocenters. The number of nitrogens with zero attached hydrogens (tertiary/aromatic N) is 4. The fraction of sp³-hybridized carbons (Fsp3) is 0.467. The zero-order valence-corrected chi connectivity index (χ0v) is 28.4. The Morgan fingerprint density at radius 1 is 1.23 bits per heavy atom. The number of hydrogen-bond donors (Lipinski definition) is 4. The summed E-state index contributed by atoms with van der Waals surface area (Å²) in [5.41, 5.74) is 3.07. The van der Waals surface area contributed by atoms with Gasteiger partial charge in [0.05, 0.1) is 12.9 Å². The molecule has 0 amide bonds. The summed E-state index contributed by atoms with van der Waals surface area (Å²) in [6.45, 7) is 3.40. The number of benzene rings is 2. The molecule has 0 radical (unpaired) electrons. The van der Waals surface area contributed by atoms with Crippen molar-refractivity contribution in [2.24, 2.45) is 5.41 Å². The number of anilines is 2. The lowest BCUT2D eigenvalue weighted by molar-refractivity contribution is -0.202. The average molecular weight is 694 g/mol. The maximum atomic E-state index is 16.6. The van der Waals surface area contributed by atoms with Gasteiger partial charge in [0.15, 0.2) is 35.0 Å². The van der Waals surface area contributed by atoms with E-state index in [0.717, 1.165) is 16.9 Å². The third-order valence-electron chi connectivity index (χ3n) is 7.41. The van der Waals surface area contributed by atoms with Gasteiger partial charge in [-0.15, -0.1) is 0 Å². The van der Waals surface area contributed by atoms with Gasteiger partial charge in [-0.05, 0) is 42.5 Å². The van der Waals surface area contributed by atoms with Gasteiger partial charge in [0.1, 0.15) is 18.4 Å². The number of esters is 1. The van der Waals surface area contributed by atoms with E-state index in [1.54, 1.807) is 31.3 Å². The summed E-state index contributed by atoms with van der Waals surface area (Å²) in [6, 6.07) is 11.5. The minimum Gasteiger partial charge on any atom is -0.464 e. The number of alkyl halides is 2. The van der Waals surface area contributed by atoms with Crippen molar-refractivity contribution in [1.29, 1.82) is 0 Å². The molecule has 2 aromatic carbocycles. The van der Waals surface area contributed by atoms with Crippen LogP contribution in [0.25, 0.3) is 21.9 Å². The van der Waals surface area contributed by atoms with E-state index in [1.807, 2.05) is 39.0 Å². The molecular weight excluding hydrogens is 655 g/mol. The molecule has 5 rings (SSSR count). The highest BCUT2D eigenvalue weighted by atomic mass is 32.5. The Bertz CT molecular complexity index is 1830. The number of ether oxygens (including phenoxy) is 2. The molecule has 0 bridgehead atoms. The Hall–Kier alpha value is -3.53. The Morgan fingerprint density at radius 2 is 1.94 bits per heavy atom. The van der Waals surface area contributed by atoms with E-state index in [2.05, 4.69) is 25.4 Å². The largest absolute Gasteiger partial charge is 0.464 e. The predicted molar refractivity (Wildman–Crippen MR) is 177 cm³/mol. The van der Waals surface area contributed by atoms with E-state index < -0.39 is 49.1 Å². The minimum atomic E-state index is -3.86. The number of imidazole rings is 1. The third kappa shape index (κ3) is 7.17. The van der Waals surface area contributed by atoms with Crippen LogP contribution in [0, 0.1) is 5.41 Å². The van der Waals surface area contributed by atoms with Gasteiger partial charge in [-0.2, -0.15) is 9.97 Å². The number of nitrogens with two attached hydrogens (primary N) is 1. The molecule has 0 spiro atoms. The minimum absolute atomic E-state index is 0.0433. The highest BCUT2D eigenvalue weighted by Crippen LogP contribution is 2.53. The van der Waals surface area contributed by atoms with Crippen molar-refractivity contribution < 1.29 is 37.2 Å². The molecule has 0 aliphatic carbocycles. The molecule has 1 aliphatic rings.